The van der Waals surface area contributed by atoms with Crippen LogP contribution in [0.2, 0.25) is 0 Å². The van der Waals surface area contributed by atoms with Gasteiger partial charge in [-0.1, -0.05) is 19.3 Å². The number of carbonyl (C=O) groups excluding carboxylic acids is 1. The van der Waals surface area contributed by atoms with E-state index in [0.717, 1.165) is 68.3 Å². The number of nitriles is 1. The largest absolute Gasteiger partial charge is 0.361 e. The number of H-pyrrole nitrogens is 1. The molecule has 1 atom stereocenters. The summed E-state index contributed by atoms with van der Waals surface area (Å²) in [7, 11) is 0. The van der Waals surface area contributed by atoms with E-state index in [0.29, 0.717) is 18.0 Å². The monoisotopic (exact) mass is 458 g/mol. The molecule has 1 amide bonds. The van der Waals surface area contributed by atoms with Gasteiger partial charge in [0.25, 0.3) is 0 Å². The predicted molar refractivity (Wildman–Crippen MR) is 132 cm³/mol. The number of likely N-dealkylation sites (tertiary alicyclic amines) is 1. The van der Waals surface area contributed by atoms with Crippen LogP contribution in [-0.4, -0.2) is 42.0 Å². The van der Waals surface area contributed by atoms with Gasteiger partial charge in [-0.3, -0.25) is 4.79 Å². The normalized spacial score (nSPS) is 19.4. The van der Waals surface area contributed by atoms with Gasteiger partial charge in [0, 0.05) is 48.3 Å². The van der Waals surface area contributed by atoms with Crippen LogP contribution in [0.1, 0.15) is 55.6 Å². The quantitative estimate of drug-likeness (QED) is 0.524. The Morgan fingerprint density at radius 2 is 1.91 bits per heavy atom. The average molecular weight is 459 g/mol. The number of anilines is 1. The minimum Gasteiger partial charge on any atom is -0.361 e. The van der Waals surface area contributed by atoms with E-state index in [4.69, 9.17) is 0 Å². The van der Waals surface area contributed by atoms with E-state index in [-0.39, 0.29) is 17.6 Å². The van der Waals surface area contributed by atoms with Crippen molar-refractivity contribution >= 4 is 22.5 Å². The van der Waals surface area contributed by atoms with E-state index < -0.39 is 0 Å². The fourth-order valence-electron chi connectivity index (χ4n) is 5.64. The zero-order valence-corrected chi connectivity index (χ0v) is 19.5. The molecule has 3 aromatic rings. The second-order valence-corrected chi connectivity index (χ2v) is 9.70. The van der Waals surface area contributed by atoms with Crippen LogP contribution in [0.25, 0.3) is 10.9 Å². The SMILES string of the molecule is N#Cc1ccc2[nH]cc(C3CCN(CCN(C(=O)C4CCCCC4)c4ccc(F)cc4)C3)c2c1. The molecular weight excluding hydrogens is 427 g/mol. The van der Waals surface area contributed by atoms with Gasteiger partial charge in [0.05, 0.1) is 11.6 Å². The Kier molecular flexibility index (Phi) is 6.64. The molecule has 0 radical (unpaired) electrons. The standard InChI is InChI=1S/C28H31FN4O/c29-23-7-9-24(10-8-23)33(28(34)21-4-2-1-3-5-21)15-14-32-13-12-22(19-32)26-18-31-27-11-6-20(17-30)16-25(26)27/h6-11,16,18,21-22,31H,1-5,12-15,19H2. The first kappa shape index (κ1) is 22.6. The Labute approximate surface area is 200 Å². The molecule has 34 heavy (non-hydrogen) atoms. The van der Waals surface area contributed by atoms with E-state index in [1.165, 1.54) is 24.1 Å². The van der Waals surface area contributed by atoms with Crippen LogP contribution in [0, 0.1) is 23.1 Å². The van der Waals surface area contributed by atoms with E-state index >= 15 is 0 Å². The highest BCUT2D eigenvalue weighted by Gasteiger charge is 2.30. The first-order chi connectivity index (χ1) is 16.6. The van der Waals surface area contributed by atoms with Crippen LogP contribution in [0.4, 0.5) is 10.1 Å². The van der Waals surface area contributed by atoms with Crippen molar-refractivity contribution in [2.24, 2.45) is 5.92 Å². The molecule has 1 aromatic heterocycles. The number of amides is 1. The van der Waals surface area contributed by atoms with Gasteiger partial charge in [-0.05, 0) is 79.8 Å². The molecule has 1 saturated carbocycles. The molecule has 1 aliphatic carbocycles. The van der Waals surface area contributed by atoms with E-state index in [1.807, 2.05) is 23.1 Å². The Bertz CT molecular complexity index is 1190. The molecule has 2 aromatic carbocycles. The first-order valence-electron chi connectivity index (χ1n) is 12.4. The highest BCUT2D eigenvalue weighted by Crippen LogP contribution is 2.33. The highest BCUT2D eigenvalue weighted by atomic mass is 19.1. The number of hydrogen-bond donors (Lipinski definition) is 1. The van der Waals surface area contributed by atoms with Crippen molar-refractivity contribution in [3.63, 3.8) is 0 Å². The summed E-state index contributed by atoms with van der Waals surface area (Å²) in [5.74, 6) is 0.374. The Balaban J connectivity index is 1.28. The van der Waals surface area contributed by atoms with Crippen molar-refractivity contribution in [1.82, 2.24) is 9.88 Å². The molecule has 2 heterocycles. The summed E-state index contributed by atoms with van der Waals surface area (Å²) in [5, 5.41) is 10.4. The number of carbonyl (C=O) groups is 1. The average Bonchev–Trinajstić information content (AvgIpc) is 3.52. The number of nitrogens with zero attached hydrogens (tertiary/aromatic N) is 3. The van der Waals surface area contributed by atoms with Crippen LogP contribution in [0.3, 0.4) is 0 Å². The number of halogens is 1. The molecule has 0 spiro atoms. The second kappa shape index (κ2) is 9.99. The molecule has 176 valence electrons. The van der Waals surface area contributed by atoms with Crippen molar-refractivity contribution in [3.05, 3.63) is 65.6 Å². The molecule has 5 rings (SSSR count). The minimum atomic E-state index is -0.283. The lowest BCUT2D eigenvalue weighted by atomic mass is 9.88. The molecule has 1 saturated heterocycles. The Hall–Kier alpha value is -3.17. The molecule has 1 N–H and O–H groups in total. The number of aromatic amines is 1. The third kappa shape index (κ3) is 4.71. The molecular formula is C28H31FN4O. The van der Waals surface area contributed by atoms with Crippen LogP contribution in [0.15, 0.2) is 48.7 Å². The number of aromatic nitrogens is 1. The van der Waals surface area contributed by atoms with Gasteiger partial charge < -0.3 is 14.8 Å². The number of fused-ring (bicyclic) bond motifs is 1. The van der Waals surface area contributed by atoms with Crippen LogP contribution in [0.5, 0.6) is 0 Å². The fraction of sp³-hybridized carbons (Fsp3) is 0.429. The highest BCUT2D eigenvalue weighted by molar-refractivity contribution is 5.95. The number of hydrogen-bond acceptors (Lipinski definition) is 3. The lowest BCUT2D eigenvalue weighted by molar-refractivity contribution is -0.123. The molecule has 1 unspecified atom stereocenters. The van der Waals surface area contributed by atoms with E-state index in [1.54, 1.807) is 12.1 Å². The van der Waals surface area contributed by atoms with Gasteiger partial charge in [-0.2, -0.15) is 5.26 Å². The summed E-state index contributed by atoms with van der Waals surface area (Å²) >= 11 is 0. The lowest BCUT2D eigenvalue weighted by Gasteiger charge is -2.31. The van der Waals surface area contributed by atoms with Gasteiger partial charge in [0.2, 0.25) is 5.91 Å². The smallest absolute Gasteiger partial charge is 0.230 e. The lowest BCUT2D eigenvalue weighted by Crippen LogP contribution is -2.42. The molecule has 2 fully saturated rings. The van der Waals surface area contributed by atoms with Crippen LogP contribution in [-0.2, 0) is 4.79 Å². The Morgan fingerprint density at radius 1 is 1.12 bits per heavy atom. The second-order valence-electron chi connectivity index (χ2n) is 9.70. The molecule has 1 aliphatic heterocycles. The van der Waals surface area contributed by atoms with E-state index in [2.05, 4.69) is 22.1 Å². The van der Waals surface area contributed by atoms with Crippen LogP contribution >= 0.6 is 0 Å². The van der Waals surface area contributed by atoms with Gasteiger partial charge in [0.15, 0.2) is 0 Å². The molecule has 0 bridgehead atoms. The number of nitrogens with one attached hydrogen (secondary N) is 1. The van der Waals surface area contributed by atoms with Crippen LogP contribution < -0.4 is 4.90 Å². The zero-order valence-electron chi connectivity index (χ0n) is 19.5. The van der Waals surface area contributed by atoms with E-state index in [9.17, 15) is 14.4 Å². The van der Waals surface area contributed by atoms with Crippen molar-refractivity contribution in [1.29, 1.82) is 5.26 Å². The summed E-state index contributed by atoms with van der Waals surface area (Å²) in [4.78, 5) is 21.1. The number of rotatable bonds is 6. The third-order valence-electron chi connectivity index (χ3n) is 7.55. The van der Waals surface area contributed by atoms with Gasteiger partial charge >= 0.3 is 0 Å². The predicted octanol–water partition coefficient (Wildman–Crippen LogP) is 5.58. The Morgan fingerprint density at radius 3 is 2.68 bits per heavy atom. The maximum Gasteiger partial charge on any atom is 0.230 e. The summed E-state index contributed by atoms with van der Waals surface area (Å²) in [6.07, 6.45) is 8.47. The van der Waals surface area contributed by atoms with Gasteiger partial charge in [0.1, 0.15) is 5.82 Å². The molecule has 6 heteroatoms. The first-order valence-corrected chi connectivity index (χ1v) is 12.4. The maximum absolute atomic E-state index is 13.5. The topological polar surface area (TPSA) is 63.1 Å². The third-order valence-corrected chi connectivity index (χ3v) is 7.55. The minimum absolute atomic E-state index is 0.0747. The summed E-state index contributed by atoms with van der Waals surface area (Å²) in [5.41, 5.74) is 3.80. The number of benzene rings is 2. The van der Waals surface area contributed by atoms with Gasteiger partial charge in [-0.25, -0.2) is 4.39 Å². The zero-order chi connectivity index (χ0) is 23.5. The maximum atomic E-state index is 13.5. The van der Waals surface area contributed by atoms with Crippen molar-refractivity contribution < 1.29 is 9.18 Å². The summed E-state index contributed by atoms with van der Waals surface area (Å²) < 4.78 is 13.5. The molecule has 2 aliphatic rings. The van der Waals surface area contributed by atoms with Crippen molar-refractivity contribution in [3.8, 4) is 6.07 Å². The van der Waals surface area contributed by atoms with Crippen molar-refractivity contribution in [2.45, 2.75) is 44.4 Å². The fourth-order valence-corrected chi connectivity index (χ4v) is 5.64. The molecule has 5 nitrogen and oxygen atoms in total. The summed E-state index contributed by atoms with van der Waals surface area (Å²) in [6, 6.07) is 14.4. The van der Waals surface area contributed by atoms with Crippen molar-refractivity contribution in [2.75, 3.05) is 31.1 Å². The van der Waals surface area contributed by atoms with Gasteiger partial charge in [-0.15, -0.1) is 0 Å². The summed E-state index contributed by atoms with van der Waals surface area (Å²) in [6.45, 7) is 3.31.